The molecule has 0 aromatic carbocycles. The van der Waals surface area contributed by atoms with E-state index in [0.717, 1.165) is 0 Å². The van der Waals surface area contributed by atoms with Crippen LogP contribution in [0.15, 0.2) is 0 Å². The average molecular weight is 434 g/mol. The second kappa shape index (κ2) is 13.1. The maximum atomic E-state index is 12.4. The molecule has 0 saturated carbocycles. The maximum absolute atomic E-state index is 12.4. The van der Waals surface area contributed by atoms with Crippen molar-refractivity contribution in [1.29, 1.82) is 0 Å². The quantitative estimate of drug-likeness (QED) is 0.134. The third-order valence-corrected chi connectivity index (χ3v) is 3.84. The number of nitrogens with one attached hydrogen (secondary N) is 3. The Balaban J connectivity index is 5.05. The van der Waals surface area contributed by atoms with Gasteiger partial charge in [-0.05, 0) is 19.8 Å². The molecule has 0 aliphatic carbocycles. The second-order valence-corrected chi connectivity index (χ2v) is 6.34. The molecular formula is C16H26N4O10. The number of carboxylic acid groups (broad SMARTS) is 3. The molecule has 0 bridgehead atoms. The minimum Gasteiger partial charge on any atom is -0.481 e. The molecule has 14 nitrogen and oxygen atoms in total. The van der Waals surface area contributed by atoms with Crippen molar-refractivity contribution in [2.24, 2.45) is 5.73 Å². The summed E-state index contributed by atoms with van der Waals surface area (Å²) in [7, 11) is 0. The van der Waals surface area contributed by atoms with E-state index >= 15 is 0 Å². The first-order valence-electron chi connectivity index (χ1n) is 8.83. The van der Waals surface area contributed by atoms with Gasteiger partial charge in [0.2, 0.25) is 17.7 Å². The molecular weight excluding hydrogens is 408 g/mol. The lowest BCUT2D eigenvalue weighted by molar-refractivity contribution is -0.143. The van der Waals surface area contributed by atoms with Crippen molar-refractivity contribution in [3.8, 4) is 0 Å². The lowest BCUT2D eigenvalue weighted by Crippen LogP contribution is -2.56. The van der Waals surface area contributed by atoms with Gasteiger partial charge in [0.25, 0.3) is 0 Å². The van der Waals surface area contributed by atoms with Gasteiger partial charge in [-0.15, -0.1) is 0 Å². The Hall–Kier alpha value is -3.26. The predicted octanol–water partition coefficient (Wildman–Crippen LogP) is -3.41. The summed E-state index contributed by atoms with van der Waals surface area (Å²) in [4.78, 5) is 68.6. The first kappa shape index (κ1) is 26.7. The lowest BCUT2D eigenvalue weighted by atomic mass is 10.1. The van der Waals surface area contributed by atoms with Crippen LogP contribution in [0.4, 0.5) is 0 Å². The average Bonchev–Trinajstić information content (AvgIpc) is 2.65. The summed E-state index contributed by atoms with van der Waals surface area (Å²) in [6.07, 6.45) is -1.46. The highest BCUT2D eigenvalue weighted by Gasteiger charge is 2.28. The van der Waals surface area contributed by atoms with Crippen molar-refractivity contribution in [2.45, 2.75) is 56.8 Å². The van der Waals surface area contributed by atoms with E-state index in [9.17, 15) is 28.8 Å². The van der Waals surface area contributed by atoms with Crippen LogP contribution in [0, 0.1) is 0 Å². The lowest BCUT2D eigenvalue weighted by Gasteiger charge is -2.23. The first-order valence-corrected chi connectivity index (χ1v) is 8.83. The Morgan fingerprint density at radius 3 is 1.73 bits per heavy atom. The Morgan fingerprint density at radius 2 is 1.27 bits per heavy atom. The van der Waals surface area contributed by atoms with Crippen LogP contribution in [0.2, 0.25) is 0 Å². The number of carbonyl (C=O) groups is 6. The van der Waals surface area contributed by atoms with Crippen molar-refractivity contribution in [1.82, 2.24) is 16.0 Å². The Kier molecular flexibility index (Phi) is 11.6. The van der Waals surface area contributed by atoms with E-state index < -0.39 is 79.2 Å². The predicted molar refractivity (Wildman–Crippen MR) is 97.9 cm³/mol. The smallest absolute Gasteiger partial charge is 0.328 e. The molecule has 0 rings (SSSR count). The largest absolute Gasteiger partial charge is 0.481 e. The van der Waals surface area contributed by atoms with E-state index in [4.69, 9.17) is 26.2 Å². The highest BCUT2D eigenvalue weighted by atomic mass is 16.4. The summed E-state index contributed by atoms with van der Waals surface area (Å²) in [6, 6.07) is -5.53. The molecule has 0 aromatic heterocycles. The number of amides is 3. The Labute approximate surface area is 170 Å². The molecule has 0 radical (unpaired) electrons. The number of carboxylic acids is 3. The van der Waals surface area contributed by atoms with Gasteiger partial charge in [0.1, 0.15) is 18.1 Å². The third-order valence-electron chi connectivity index (χ3n) is 3.84. The van der Waals surface area contributed by atoms with Gasteiger partial charge < -0.3 is 42.1 Å². The normalized spacial score (nSPS) is 14.5. The van der Waals surface area contributed by atoms with Crippen LogP contribution < -0.4 is 21.7 Å². The monoisotopic (exact) mass is 434 g/mol. The molecule has 0 heterocycles. The highest BCUT2D eigenvalue weighted by Crippen LogP contribution is 2.02. The summed E-state index contributed by atoms with van der Waals surface area (Å²) in [5.74, 6) is -6.69. The van der Waals surface area contributed by atoms with Crippen LogP contribution in [-0.4, -0.2) is 86.8 Å². The van der Waals surface area contributed by atoms with Gasteiger partial charge in [0.05, 0.1) is 12.6 Å². The van der Waals surface area contributed by atoms with Gasteiger partial charge in [0.15, 0.2) is 0 Å². The number of hydrogen-bond acceptors (Lipinski definition) is 8. The molecule has 3 amide bonds. The van der Waals surface area contributed by atoms with Crippen molar-refractivity contribution >= 4 is 35.6 Å². The number of aliphatic hydroxyl groups excluding tert-OH is 1. The van der Waals surface area contributed by atoms with E-state index in [2.05, 4.69) is 10.6 Å². The summed E-state index contributed by atoms with van der Waals surface area (Å²) < 4.78 is 0. The molecule has 0 aliphatic rings. The molecule has 4 unspecified atom stereocenters. The van der Waals surface area contributed by atoms with Gasteiger partial charge in [0, 0.05) is 12.8 Å². The Morgan fingerprint density at radius 1 is 0.767 bits per heavy atom. The number of rotatable bonds is 14. The van der Waals surface area contributed by atoms with Crippen molar-refractivity contribution in [3.63, 3.8) is 0 Å². The summed E-state index contributed by atoms with van der Waals surface area (Å²) in [6.45, 7) is 0.325. The van der Waals surface area contributed by atoms with Crippen LogP contribution in [0.3, 0.4) is 0 Å². The molecule has 30 heavy (non-hydrogen) atoms. The van der Waals surface area contributed by atoms with Crippen LogP contribution in [0.5, 0.6) is 0 Å². The third kappa shape index (κ3) is 10.3. The van der Waals surface area contributed by atoms with Gasteiger partial charge in [-0.2, -0.15) is 0 Å². The van der Waals surface area contributed by atoms with Crippen molar-refractivity contribution < 1.29 is 49.2 Å². The summed E-state index contributed by atoms with van der Waals surface area (Å²) in [5, 5.41) is 41.5. The van der Waals surface area contributed by atoms with Crippen LogP contribution in [0.1, 0.15) is 32.6 Å². The maximum Gasteiger partial charge on any atom is 0.328 e. The van der Waals surface area contributed by atoms with Crippen LogP contribution in [-0.2, 0) is 28.8 Å². The zero-order valence-corrected chi connectivity index (χ0v) is 16.2. The fourth-order valence-electron chi connectivity index (χ4n) is 2.09. The van der Waals surface area contributed by atoms with Crippen LogP contribution >= 0.6 is 0 Å². The van der Waals surface area contributed by atoms with Gasteiger partial charge in [-0.1, -0.05) is 0 Å². The Bertz CT molecular complexity index is 668. The standard InChI is InChI=1S/C16H26N4O10/c1-7(13(26)20-10(6-21)16(29)30)18-15(28)9(3-5-12(24)25)19-14(27)8(17)2-4-11(22)23/h7-10,21H,2-6,17H2,1H3,(H,18,28)(H,19,27)(H,20,26)(H,22,23)(H,24,25)(H,29,30). The molecule has 0 saturated heterocycles. The van der Waals surface area contributed by atoms with Crippen LogP contribution in [0.25, 0.3) is 0 Å². The van der Waals surface area contributed by atoms with E-state index in [-0.39, 0.29) is 12.8 Å². The van der Waals surface area contributed by atoms with E-state index in [1.54, 1.807) is 0 Å². The number of aliphatic hydroxyl groups is 1. The molecule has 0 aromatic rings. The van der Waals surface area contributed by atoms with E-state index in [1.807, 2.05) is 5.32 Å². The minimum atomic E-state index is -1.59. The molecule has 0 aliphatic heterocycles. The number of carbonyl (C=O) groups excluding carboxylic acids is 3. The highest BCUT2D eigenvalue weighted by molar-refractivity contribution is 5.94. The molecule has 4 atom stereocenters. The first-order chi connectivity index (χ1) is 13.9. The van der Waals surface area contributed by atoms with Crippen molar-refractivity contribution in [2.75, 3.05) is 6.61 Å². The zero-order chi connectivity index (χ0) is 23.4. The van der Waals surface area contributed by atoms with Gasteiger partial charge in [-0.25, -0.2) is 4.79 Å². The molecule has 0 fully saturated rings. The molecule has 14 heteroatoms. The molecule has 9 N–H and O–H groups in total. The minimum absolute atomic E-state index is 0.217. The number of hydrogen-bond donors (Lipinski definition) is 8. The summed E-state index contributed by atoms with van der Waals surface area (Å²) >= 11 is 0. The fraction of sp³-hybridized carbons (Fsp3) is 0.625. The van der Waals surface area contributed by atoms with E-state index in [1.165, 1.54) is 6.92 Å². The second-order valence-electron chi connectivity index (χ2n) is 6.34. The van der Waals surface area contributed by atoms with Crippen molar-refractivity contribution in [3.05, 3.63) is 0 Å². The van der Waals surface area contributed by atoms with E-state index in [0.29, 0.717) is 0 Å². The molecule has 0 spiro atoms. The molecule has 170 valence electrons. The number of aliphatic carboxylic acids is 3. The zero-order valence-electron chi connectivity index (χ0n) is 16.2. The topological polar surface area (TPSA) is 245 Å². The number of nitrogens with two attached hydrogens (primary N) is 1. The van der Waals surface area contributed by atoms with Gasteiger partial charge >= 0.3 is 17.9 Å². The van der Waals surface area contributed by atoms with Gasteiger partial charge in [-0.3, -0.25) is 24.0 Å². The SMILES string of the molecule is CC(NC(=O)C(CCC(=O)O)NC(=O)C(N)CCC(=O)O)C(=O)NC(CO)C(=O)O. The summed E-state index contributed by atoms with van der Waals surface area (Å²) in [5.41, 5.74) is 5.55. The fourth-order valence-corrected chi connectivity index (χ4v) is 2.09.